The Morgan fingerprint density at radius 2 is 1.77 bits per heavy atom. The highest BCUT2D eigenvalue weighted by molar-refractivity contribution is 6.02. The van der Waals surface area contributed by atoms with Crippen LogP contribution in [0.2, 0.25) is 0 Å². The second kappa shape index (κ2) is 7.47. The van der Waals surface area contributed by atoms with Gasteiger partial charge < -0.3 is 15.0 Å². The minimum atomic E-state index is -0.929. The van der Waals surface area contributed by atoms with Crippen LogP contribution in [0.5, 0.6) is 0 Å². The van der Waals surface area contributed by atoms with E-state index in [2.05, 4.69) is 10.3 Å². The van der Waals surface area contributed by atoms with Gasteiger partial charge in [0.15, 0.2) is 6.61 Å². The molecule has 7 nitrogen and oxygen atoms in total. The second-order valence-corrected chi connectivity index (χ2v) is 5.33. The Hall–Kier alpha value is -3.68. The normalized spacial score (nSPS) is 10.3. The van der Waals surface area contributed by atoms with Crippen molar-refractivity contribution in [3.8, 4) is 0 Å². The Labute approximate surface area is 147 Å². The number of amides is 3. The van der Waals surface area contributed by atoms with Gasteiger partial charge in [-0.25, -0.2) is 14.0 Å². The van der Waals surface area contributed by atoms with Gasteiger partial charge in [0, 0.05) is 10.9 Å². The minimum Gasteiger partial charge on any atom is -0.451 e. The van der Waals surface area contributed by atoms with Crippen LogP contribution >= 0.6 is 0 Å². The third-order valence-corrected chi connectivity index (χ3v) is 3.46. The van der Waals surface area contributed by atoms with Crippen LogP contribution in [-0.2, 0) is 9.53 Å². The smallest absolute Gasteiger partial charge is 0.355 e. The molecule has 0 saturated heterocycles. The van der Waals surface area contributed by atoms with Crippen LogP contribution in [0.25, 0.3) is 10.9 Å². The maximum absolute atomic E-state index is 13.4. The Morgan fingerprint density at radius 1 is 1.04 bits per heavy atom. The number of imide groups is 1. The molecule has 0 fully saturated rings. The summed E-state index contributed by atoms with van der Waals surface area (Å²) in [7, 11) is 0. The predicted molar refractivity (Wildman–Crippen MR) is 92.1 cm³/mol. The van der Waals surface area contributed by atoms with E-state index < -0.39 is 30.3 Å². The molecule has 3 rings (SSSR count). The number of rotatable bonds is 4. The molecule has 0 unspecified atom stereocenters. The number of ether oxygens (including phenoxy) is 1. The third kappa shape index (κ3) is 4.04. The number of aromatic amines is 1. The number of carbonyl (C=O) groups is 3. The summed E-state index contributed by atoms with van der Waals surface area (Å²) in [6, 6.07) is 13.4. The molecule has 26 heavy (non-hydrogen) atoms. The van der Waals surface area contributed by atoms with Gasteiger partial charge in [-0.2, -0.15) is 0 Å². The van der Waals surface area contributed by atoms with Crippen molar-refractivity contribution in [2.75, 3.05) is 11.9 Å². The first-order valence-electron chi connectivity index (χ1n) is 7.63. The molecule has 0 spiro atoms. The van der Waals surface area contributed by atoms with E-state index in [1.165, 1.54) is 24.3 Å². The number of H-pyrrole nitrogens is 1. The zero-order valence-corrected chi connectivity index (χ0v) is 13.4. The number of hydrogen-bond donors (Lipinski definition) is 3. The fraction of sp³-hybridized carbons (Fsp3) is 0.0556. The highest BCUT2D eigenvalue weighted by Gasteiger charge is 2.15. The number of fused-ring (bicyclic) bond motifs is 1. The number of aromatic nitrogens is 1. The van der Waals surface area contributed by atoms with Crippen molar-refractivity contribution in [2.45, 2.75) is 0 Å². The first-order valence-corrected chi connectivity index (χ1v) is 7.63. The maximum Gasteiger partial charge on any atom is 0.355 e. The average molecular weight is 355 g/mol. The molecular formula is C18H14FN3O4. The van der Waals surface area contributed by atoms with E-state index in [9.17, 15) is 18.8 Å². The van der Waals surface area contributed by atoms with E-state index in [0.717, 1.165) is 10.9 Å². The number of hydrogen-bond acceptors (Lipinski definition) is 4. The molecule has 0 atom stereocenters. The largest absolute Gasteiger partial charge is 0.451 e. The summed E-state index contributed by atoms with van der Waals surface area (Å²) in [5.41, 5.74) is 0.871. The lowest BCUT2D eigenvalue weighted by Gasteiger charge is -2.07. The van der Waals surface area contributed by atoms with Gasteiger partial charge in [-0.05, 0) is 24.3 Å². The van der Waals surface area contributed by atoms with E-state index in [1.54, 1.807) is 12.1 Å². The fourth-order valence-corrected chi connectivity index (χ4v) is 2.27. The Balaban J connectivity index is 1.51. The molecule has 132 valence electrons. The maximum atomic E-state index is 13.4. The van der Waals surface area contributed by atoms with Gasteiger partial charge in [-0.1, -0.05) is 30.3 Å². The summed E-state index contributed by atoms with van der Waals surface area (Å²) in [5, 5.41) is 4.96. The lowest BCUT2D eigenvalue weighted by atomic mass is 10.2. The van der Waals surface area contributed by atoms with Gasteiger partial charge in [-0.3, -0.25) is 10.1 Å². The molecule has 1 aromatic heterocycles. The van der Waals surface area contributed by atoms with Crippen LogP contribution in [0.1, 0.15) is 10.5 Å². The Kier molecular flexibility index (Phi) is 4.93. The summed E-state index contributed by atoms with van der Waals surface area (Å²) in [6.45, 7) is -0.654. The summed E-state index contributed by atoms with van der Waals surface area (Å²) >= 11 is 0. The average Bonchev–Trinajstić information content (AvgIpc) is 3.06. The van der Waals surface area contributed by atoms with Crippen molar-refractivity contribution in [3.63, 3.8) is 0 Å². The summed E-state index contributed by atoms with van der Waals surface area (Å²) in [5.74, 6) is -2.21. The van der Waals surface area contributed by atoms with Crippen molar-refractivity contribution < 1.29 is 23.5 Å². The fourth-order valence-electron chi connectivity index (χ4n) is 2.27. The second-order valence-electron chi connectivity index (χ2n) is 5.33. The zero-order chi connectivity index (χ0) is 18.5. The van der Waals surface area contributed by atoms with Gasteiger partial charge >= 0.3 is 12.0 Å². The van der Waals surface area contributed by atoms with Crippen LogP contribution in [0, 0.1) is 5.82 Å². The van der Waals surface area contributed by atoms with Crippen molar-refractivity contribution in [2.24, 2.45) is 0 Å². The third-order valence-electron chi connectivity index (χ3n) is 3.46. The number of anilines is 1. The number of benzene rings is 2. The molecule has 3 aromatic rings. The summed E-state index contributed by atoms with van der Waals surface area (Å²) in [4.78, 5) is 38.2. The molecule has 0 radical (unpaired) electrons. The van der Waals surface area contributed by atoms with E-state index in [-0.39, 0.29) is 11.4 Å². The van der Waals surface area contributed by atoms with E-state index >= 15 is 0 Å². The van der Waals surface area contributed by atoms with Crippen molar-refractivity contribution >= 4 is 34.5 Å². The first kappa shape index (κ1) is 17.2. The van der Waals surface area contributed by atoms with Crippen molar-refractivity contribution in [1.82, 2.24) is 10.3 Å². The van der Waals surface area contributed by atoms with E-state index in [0.29, 0.717) is 0 Å². The van der Waals surface area contributed by atoms with Crippen molar-refractivity contribution in [1.29, 1.82) is 0 Å². The van der Waals surface area contributed by atoms with Gasteiger partial charge in [0.25, 0.3) is 5.91 Å². The van der Waals surface area contributed by atoms with Gasteiger partial charge in [0.05, 0.1) is 5.69 Å². The van der Waals surface area contributed by atoms with Gasteiger partial charge in [0.2, 0.25) is 0 Å². The number of urea groups is 1. The van der Waals surface area contributed by atoms with Crippen molar-refractivity contribution in [3.05, 3.63) is 66.1 Å². The first-order chi connectivity index (χ1) is 12.5. The summed E-state index contributed by atoms with van der Waals surface area (Å²) in [6.07, 6.45) is 0. The molecule has 1 heterocycles. The van der Waals surface area contributed by atoms with E-state index in [4.69, 9.17) is 4.74 Å². The van der Waals surface area contributed by atoms with Crippen LogP contribution in [0.15, 0.2) is 54.6 Å². The van der Waals surface area contributed by atoms with Gasteiger partial charge in [-0.15, -0.1) is 0 Å². The molecule has 0 aliphatic rings. The Bertz CT molecular complexity index is 950. The molecular weight excluding hydrogens is 341 g/mol. The quantitative estimate of drug-likeness (QED) is 0.627. The minimum absolute atomic E-state index is 0.0760. The number of nitrogens with one attached hydrogen (secondary N) is 3. The highest BCUT2D eigenvalue weighted by Crippen LogP contribution is 2.15. The molecule has 3 amide bonds. The molecule has 2 aromatic carbocycles. The number of halogens is 1. The van der Waals surface area contributed by atoms with Crippen LogP contribution < -0.4 is 10.6 Å². The SMILES string of the molecule is O=C(COC(=O)c1cc2ccccc2[nH]1)NC(=O)Nc1ccccc1F. The zero-order valence-electron chi connectivity index (χ0n) is 13.4. The van der Waals surface area contributed by atoms with Crippen LogP contribution in [-0.4, -0.2) is 29.5 Å². The van der Waals surface area contributed by atoms with E-state index in [1.807, 2.05) is 23.5 Å². The molecule has 3 N–H and O–H groups in total. The number of carbonyl (C=O) groups excluding carboxylic acids is 3. The molecule has 8 heteroatoms. The van der Waals surface area contributed by atoms with Crippen LogP contribution in [0.4, 0.5) is 14.9 Å². The molecule has 0 bridgehead atoms. The predicted octanol–water partition coefficient (Wildman–Crippen LogP) is 2.81. The lowest BCUT2D eigenvalue weighted by molar-refractivity contribution is -0.123. The molecule has 0 aliphatic heterocycles. The standard InChI is InChI=1S/C18H14FN3O4/c19-12-6-2-4-8-14(12)21-18(25)22-16(23)10-26-17(24)15-9-11-5-1-3-7-13(11)20-15/h1-9,20H,10H2,(H2,21,22,23,25). The monoisotopic (exact) mass is 355 g/mol. The highest BCUT2D eigenvalue weighted by atomic mass is 19.1. The lowest BCUT2D eigenvalue weighted by Crippen LogP contribution is -2.37. The number of esters is 1. The van der Waals surface area contributed by atoms with Crippen LogP contribution in [0.3, 0.4) is 0 Å². The Morgan fingerprint density at radius 3 is 2.54 bits per heavy atom. The topological polar surface area (TPSA) is 100 Å². The van der Waals surface area contributed by atoms with Gasteiger partial charge in [0.1, 0.15) is 11.5 Å². The molecule has 0 saturated carbocycles. The number of para-hydroxylation sites is 2. The molecule has 0 aliphatic carbocycles. The summed E-state index contributed by atoms with van der Waals surface area (Å²) < 4.78 is 18.3.